The molecule has 0 aromatic heterocycles. The molecule has 1 heterocycles. The van der Waals surface area contributed by atoms with Gasteiger partial charge in [-0.25, -0.2) is 0 Å². The van der Waals surface area contributed by atoms with Crippen molar-refractivity contribution >= 4 is 5.97 Å². The van der Waals surface area contributed by atoms with Crippen LogP contribution in [0.15, 0.2) is 0 Å². The van der Waals surface area contributed by atoms with Crippen LogP contribution in [0.25, 0.3) is 0 Å². The van der Waals surface area contributed by atoms with Gasteiger partial charge >= 0.3 is 5.97 Å². The number of esters is 1. The van der Waals surface area contributed by atoms with Gasteiger partial charge < -0.3 is 4.74 Å². The molecule has 1 fully saturated rings. The molecule has 3 heteroatoms. The fraction of sp³-hybridized carbons (Fsp3) is 0.857. The molecule has 0 bridgehead atoms. The predicted octanol–water partition coefficient (Wildman–Crippen LogP) is 0.300. The quantitative estimate of drug-likeness (QED) is 0.456. The SMILES string of the molecule is CCC[C@H]1N[C@@H]1C(=O)OC. The number of carbonyl (C=O) groups is 1. The van der Waals surface area contributed by atoms with Gasteiger partial charge in [0.1, 0.15) is 6.04 Å². The molecule has 0 spiro atoms. The third kappa shape index (κ3) is 1.48. The Balaban J connectivity index is 2.18. The van der Waals surface area contributed by atoms with E-state index in [1.807, 2.05) is 0 Å². The van der Waals surface area contributed by atoms with Crippen LogP contribution in [0.1, 0.15) is 19.8 Å². The lowest BCUT2D eigenvalue weighted by molar-refractivity contribution is -0.140. The minimum atomic E-state index is -0.126. The van der Waals surface area contributed by atoms with Crippen LogP contribution in [0.5, 0.6) is 0 Å². The van der Waals surface area contributed by atoms with E-state index in [9.17, 15) is 4.79 Å². The third-order valence-electron chi connectivity index (χ3n) is 1.74. The fourth-order valence-electron chi connectivity index (χ4n) is 1.10. The van der Waals surface area contributed by atoms with Crippen LogP contribution < -0.4 is 5.32 Å². The lowest BCUT2D eigenvalue weighted by Crippen LogP contribution is -2.12. The molecular weight excluding hydrogens is 130 g/mol. The van der Waals surface area contributed by atoms with Crippen LogP contribution in [0.4, 0.5) is 0 Å². The molecule has 0 aliphatic carbocycles. The minimum absolute atomic E-state index is 0.00931. The zero-order valence-corrected chi connectivity index (χ0v) is 6.39. The lowest BCUT2D eigenvalue weighted by atomic mass is 10.2. The Morgan fingerprint density at radius 1 is 1.70 bits per heavy atom. The van der Waals surface area contributed by atoms with Crippen molar-refractivity contribution in [2.75, 3.05) is 7.11 Å². The summed E-state index contributed by atoms with van der Waals surface area (Å²) in [4.78, 5) is 10.8. The molecule has 0 saturated carbocycles. The van der Waals surface area contributed by atoms with Gasteiger partial charge in [0, 0.05) is 6.04 Å². The van der Waals surface area contributed by atoms with Crippen molar-refractivity contribution in [3.8, 4) is 0 Å². The summed E-state index contributed by atoms with van der Waals surface area (Å²) in [7, 11) is 1.42. The summed E-state index contributed by atoms with van der Waals surface area (Å²) in [5.41, 5.74) is 0. The summed E-state index contributed by atoms with van der Waals surface area (Å²) in [6, 6.07) is 0.377. The molecule has 1 saturated heterocycles. The van der Waals surface area contributed by atoms with Gasteiger partial charge in [-0.15, -0.1) is 0 Å². The molecule has 2 atom stereocenters. The summed E-state index contributed by atoms with van der Waals surface area (Å²) in [5.74, 6) is -0.126. The van der Waals surface area contributed by atoms with Gasteiger partial charge in [-0.2, -0.15) is 0 Å². The molecule has 3 nitrogen and oxygen atoms in total. The van der Waals surface area contributed by atoms with Gasteiger partial charge in [-0.1, -0.05) is 13.3 Å². The molecule has 0 unspecified atom stereocenters. The van der Waals surface area contributed by atoms with E-state index in [2.05, 4.69) is 17.0 Å². The second kappa shape index (κ2) is 3.01. The number of nitrogens with one attached hydrogen (secondary N) is 1. The maximum atomic E-state index is 10.8. The van der Waals surface area contributed by atoms with E-state index in [0.29, 0.717) is 6.04 Å². The van der Waals surface area contributed by atoms with Crippen molar-refractivity contribution < 1.29 is 9.53 Å². The van der Waals surface area contributed by atoms with Crippen molar-refractivity contribution in [1.29, 1.82) is 0 Å². The monoisotopic (exact) mass is 143 g/mol. The van der Waals surface area contributed by atoms with Gasteiger partial charge in [0.05, 0.1) is 7.11 Å². The van der Waals surface area contributed by atoms with Crippen molar-refractivity contribution in [3.63, 3.8) is 0 Å². The number of rotatable bonds is 3. The second-order valence-corrected chi connectivity index (χ2v) is 2.56. The van der Waals surface area contributed by atoms with Crippen molar-refractivity contribution in [3.05, 3.63) is 0 Å². The van der Waals surface area contributed by atoms with Gasteiger partial charge in [0.2, 0.25) is 0 Å². The summed E-state index contributed by atoms with van der Waals surface area (Å²) in [5, 5.41) is 3.05. The highest BCUT2D eigenvalue weighted by molar-refractivity contribution is 5.79. The summed E-state index contributed by atoms with van der Waals surface area (Å²) >= 11 is 0. The molecule has 0 radical (unpaired) electrons. The van der Waals surface area contributed by atoms with Gasteiger partial charge in [0.25, 0.3) is 0 Å². The van der Waals surface area contributed by atoms with Crippen LogP contribution in [-0.4, -0.2) is 25.2 Å². The van der Waals surface area contributed by atoms with E-state index in [1.165, 1.54) is 7.11 Å². The average molecular weight is 143 g/mol. The Hall–Kier alpha value is -0.570. The van der Waals surface area contributed by atoms with E-state index in [4.69, 9.17) is 0 Å². The minimum Gasteiger partial charge on any atom is -0.468 e. The maximum Gasteiger partial charge on any atom is 0.324 e. The molecule has 0 amide bonds. The Morgan fingerprint density at radius 2 is 2.40 bits per heavy atom. The first-order valence-electron chi connectivity index (χ1n) is 3.63. The van der Waals surface area contributed by atoms with Crippen LogP contribution in [0, 0.1) is 0 Å². The molecule has 1 rings (SSSR count). The van der Waals surface area contributed by atoms with E-state index < -0.39 is 0 Å². The molecule has 0 aromatic carbocycles. The molecular formula is C7H13NO2. The summed E-state index contributed by atoms with van der Waals surface area (Å²) < 4.78 is 4.55. The largest absolute Gasteiger partial charge is 0.468 e. The highest BCUT2D eigenvalue weighted by atomic mass is 16.5. The first-order chi connectivity index (χ1) is 4.79. The number of methoxy groups -OCH3 is 1. The van der Waals surface area contributed by atoms with E-state index in [1.54, 1.807) is 0 Å². The molecule has 1 N–H and O–H groups in total. The third-order valence-corrected chi connectivity index (χ3v) is 1.74. The molecule has 58 valence electrons. The summed E-state index contributed by atoms with van der Waals surface area (Å²) in [6.07, 6.45) is 2.19. The van der Waals surface area contributed by atoms with Crippen molar-refractivity contribution in [1.82, 2.24) is 5.32 Å². The van der Waals surface area contributed by atoms with E-state index >= 15 is 0 Å². The molecule has 0 aromatic rings. The van der Waals surface area contributed by atoms with Crippen LogP contribution in [-0.2, 0) is 9.53 Å². The molecule has 1 aliphatic rings. The number of hydrogen-bond donors (Lipinski definition) is 1. The zero-order valence-electron chi connectivity index (χ0n) is 6.39. The highest BCUT2D eigenvalue weighted by Gasteiger charge is 2.41. The van der Waals surface area contributed by atoms with Gasteiger partial charge in [-0.05, 0) is 6.42 Å². The van der Waals surface area contributed by atoms with E-state index in [-0.39, 0.29) is 12.0 Å². The predicted molar refractivity (Wildman–Crippen MR) is 37.6 cm³/mol. The highest BCUT2D eigenvalue weighted by Crippen LogP contribution is 2.17. The van der Waals surface area contributed by atoms with Gasteiger partial charge in [0.15, 0.2) is 0 Å². The lowest BCUT2D eigenvalue weighted by Gasteiger charge is -1.92. The molecule has 1 aliphatic heterocycles. The van der Waals surface area contributed by atoms with Crippen LogP contribution in [0.3, 0.4) is 0 Å². The summed E-state index contributed by atoms with van der Waals surface area (Å²) in [6.45, 7) is 2.11. The Bertz CT molecular complexity index is 136. The number of carbonyl (C=O) groups excluding carboxylic acids is 1. The normalized spacial score (nSPS) is 29.8. The number of ether oxygens (including phenoxy) is 1. The Kier molecular flexibility index (Phi) is 2.27. The van der Waals surface area contributed by atoms with Crippen molar-refractivity contribution in [2.45, 2.75) is 31.8 Å². The smallest absolute Gasteiger partial charge is 0.324 e. The van der Waals surface area contributed by atoms with Crippen molar-refractivity contribution in [2.24, 2.45) is 0 Å². The van der Waals surface area contributed by atoms with E-state index in [0.717, 1.165) is 12.8 Å². The Morgan fingerprint density at radius 3 is 2.90 bits per heavy atom. The number of hydrogen-bond acceptors (Lipinski definition) is 3. The average Bonchev–Trinajstić information content (AvgIpc) is 2.67. The maximum absolute atomic E-state index is 10.8. The second-order valence-electron chi connectivity index (χ2n) is 2.56. The van der Waals surface area contributed by atoms with Gasteiger partial charge in [-0.3, -0.25) is 10.1 Å². The topological polar surface area (TPSA) is 48.2 Å². The van der Waals surface area contributed by atoms with Crippen LogP contribution in [0.2, 0.25) is 0 Å². The first kappa shape index (κ1) is 7.54. The molecule has 10 heavy (non-hydrogen) atoms. The standard InChI is InChI=1S/C7H13NO2/c1-3-4-5-6(8-5)7(9)10-2/h5-6,8H,3-4H2,1-2H3/t5-,6+/m1/s1. The Labute approximate surface area is 60.7 Å². The fourth-order valence-corrected chi connectivity index (χ4v) is 1.10. The van der Waals surface area contributed by atoms with Crippen LogP contribution >= 0.6 is 0 Å². The first-order valence-corrected chi connectivity index (χ1v) is 3.63. The zero-order chi connectivity index (χ0) is 7.56.